The molecule has 0 rings (SSSR count). The van der Waals surface area contributed by atoms with E-state index in [2.05, 4.69) is 21.3 Å². The van der Waals surface area contributed by atoms with Crippen LogP contribution in [0.1, 0.15) is 154 Å². The van der Waals surface area contributed by atoms with Gasteiger partial charge in [0.1, 0.15) is 31.4 Å². The van der Waals surface area contributed by atoms with Gasteiger partial charge in [-0.3, -0.25) is 38.4 Å². The molecule has 12 N–H and O–H groups in total. The van der Waals surface area contributed by atoms with Gasteiger partial charge in [-0.05, 0) is 57.8 Å². The van der Waals surface area contributed by atoms with Crippen LogP contribution in [0.3, 0.4) is 0 Å². The van der Waals surface area contributed by atoms with Crippen LogP contribution in [-0.4, -0.2) is 127 Å². The minimum atomic E-state index is -1.62. The average Bonchev–Trinajstić information content (AvgIpc) is 3.21. The van der Waals surface area contributed by atoms with Gasteiger partial charge in [-0.2, -0.15) is 0 Å². The lowest BCUT2D eigenvalue weighted by molar-refractivity contribution is -0.145. The highest BCUT2D eigenvalue weighted by molar-refractivity contribution is 5.88. The van der Waals surface area contributed by atoms with Crippen molar-refractivity contribution in [1.29, 1.82) is 0 Å². The Morgan fingerprint density at radius 2 is 0.825 bits per heavy atom. The van der Waals surface area contributed by atoms with Crippen molar-refractivity contribution in [3.63, 3.8) is 0 Å². The minimum absolute atomic E-state index is 0.0753. The Bertz CT molecular complexity index is 1550. The molecule has 0 saturated heterocycles. The number of rotatable bonds is 41. The van der Waals surface area contributed by atoms with E-state index < -0.39 is 134 Å². The van der Waals surface area contributed by atoms with E-state index in [0.29, 0.717) is 25.7 Å². The smallest absolute Gasteiger partial charge is 0.326 e. The van der Waals surface area contributed by atoms with Crippen molar-refractivity contribution in [2.24, 2.45) is 11.6 Å². The van der Waals surface area contributed by atoms with E-state index >= 15 is 0 Å². The van der Waals surface area contributed by atoms with E-state index in [0.717, 1.165) is 51.4 Å². The summed E-state index contributed by atoms with van der Waals surface area (Å²) < 4.78 is 6.98. The molecular formula is C41H67N5O17. The third-order valence-corrected chi connectivity index (χ3v) is 10.1. The van der Waals surface area contributed by atoms with E-state index in [-0.39, 0.29) is 45.1 Å². The topological polar surface area (TPSA) is 383 Å². The third kappa shape index (κ3) is 30.9. The quantitative estimate of drug-likeness (QED) is 0.0390. The van der Waals surface area contributed by atoms with Crippen LogP contribution in [0, 0.1) is 5.92 Å². The zero-order valence-electron chi connectivity index (χ0n) is 36.7. The molecule has 0 fully saturated rings. The van der Waals surface area contributed by atoms with Gasteiger partial charge >= 0.3 is 35.8 Å². The molecular weight excluding hydrogens is 834 g/mol. The number of Topliss-reactive ketones (excluding diaryl/α,β-unsaturated/α-hetero) is 1. The van der Waals surface area contributed by atoms with Gasteiger partial charge in [-0.15, -0.1) is 0 Å². The first-order valence-electron chi connectivity index (χ1n) is 22.0. The number of nitrogens with one attached hydrogen (secondary N) is 4. The fourth-order valence-electron chi connectivity index (χ4n) is 6.31. The summed E-state index contributed by atoms with van der Waals surface area (Å²) in [6, 6.07) is -5.71. The number of carboxylic acid groups (broad SMARTS) is 6. The van der Waals surface area contributed by atoms with Crippen molar-refractivity contribution < 1.29 is 84.8 Å². The minimum Gasteiger partial charge on any atom is -0.481 e. The van der Waals surface area contributed by atoms with Crippen molar-refractivity contribution in [3.8, 4) is 0 Å². The number of hydrogen-bond acceptors (Lipinski definition) is 12. The second-order valence-electron chi connectivity index (χ2n) is 15.5. The van der Waals surface area contributed by atoms with Crippen LogP contribution >= 0.6 is 0 Å². The molecule has 0 saturated carbocycles. The first-order valence-corrected chi connectivity index (χ1v) is 21.5. The summed E-state index contributed by atoms with van der Waals surface area (Å²) in [6.45, 7) is 0.178. The molecule has 0 aliphatic rings. The van der Waals surface area contributed by atoms with E-state index in [1.54, 1.807) is 0 Å². The van der Waals surface area contributed by atoms with E-state index in [9.17, 15) is 73.2 Å². The van der Waals surface area contributed by atoms with E-state index in [4.69, 9.17) is 11.6 Å². The molecule has 22 nitrogen and oxygen atoms in total. The van der Waals surface area contributed by atoms with Gasteiger partial charge in [0, 0.05) is 51.5 Å². The number of unbranched alkanes of at least 4 members (excludes halogenated alkanes) is 10. The molecule has 22 heteroatoms. The molecule has 0 aliphatic heterocycles. The molecule has 4 amide bonds. The summed E-state index contributed by atoms with van der Waals surface area (Å²) in [5, 5.41) is 65.1. The number of carbonyl (C=O) groups excluding carboxylic acids is 5. The molecule has 0 spiro atoms. The number of aliphatic carboxylic acids is 6. The van der Waals surface area contributed by atoms with Crippen molar-refractivity contribution in [1.82, 2.24) is 21.3 Å². The lowest BCUT2D eigenvalue weighted by Gasteiger charge is -2.18. The predicted molar refractivity (Wildman–Crippen MR) is 222 cm³/mol. The van der Waals surface area contributed by atoms with Crippen molar-refractivity contribution >= 4 is 65.2 Å². The lowest BCUT2D eigenvalue weighted by Crippen LogP contribution is -2.45. The number of ketones is 1. The number of hydrogen-bond donors (Lipinski definition) is 11. The highest BCUT2D eigenvalue weighted by Crippen LogP contribution is 2.16. The second-order valence-corrected chi connectivity index (χ2v) is 15.5. The summed E-state index contributed by atoms with van der Waals surface area (Å²) in [4.78, 5) is 131. The first kappa shape index (κ1) is 55.3. The Morgan fingerprint density at radius 3 is 1.24 bits per heavy atom. The standard InChI is InChI=1S/C41H67N5O17/c42-28(38(56)57)13-11-12-24-43-32(48)21-16-26(37(54)55)25-27(47)17-18-29(39(58)59)45-34(50)23-20-31(41(62)63)46-35(51)22-19-30(40(60)61)44-33(49)14-9-7-5-3-1-2-4-6-8-10-15-36(52)53/h26,28-31H,1-25,42H2,(H,43,48)(H,44,49)(H,45,50)(H,46,51)(H,52,53)(H,54,55)(H,56,57)(H,58,59)(H,60,61)(H,62,63)/t26-,28+,29+,30+,31+/m1/s1/i/hD. The molecule has 63 heavy (non-hydrogen) atoms. The van der Waals surface area contributed by atoms with Crippen molar-refractivity contribution in [3.05, 3.63) is 0 Å². The van der Waals surface area contributed by atoms with Crippen LogP contribution in [0.5, 0.6) is 0 Å². The van der Waals surface area contributed by atoms with Gasteiger partial charge in [-0.1, -0.05) is 51.4 Å². The molecule has 0 radical (unpaired) electrons. The Kier molecular flexibility index (Phi) is 29.8. The maximum atomic E-state index is 12.6. The summed E-state index contributed by atoms with van der Waals surface area (Å²) in [5.74, 6) is -12.5. The van der Waals surface area contributed by atoms with Crippen LogP contribution in [0.25, 0.3) is 0 Å². The fraction of sp³-hybridized carbons (Fsp3) is 0.732. The summed E-state index contributed by atoms with van der Waals surface area (Å²) >= 11 is 0. The highest BCUT2D eigenvalue weighted by atomic mass is 16.4. The molecule has 0 bridgehead atoms. The fourth-order valence-corrected chi connectivity index (χ4v) is 6.31. The first-order chi connectivity index (χ1) is 30.3. The zero-order valence-corrected chi connectivity index (χ0v) is 35.7. The van der Waals surface area contributed by atoms with E-state index in [1.165, 1.54) is 0 Å². The molecule has 358 valence electrons. The predicted octanol–water partition coefficient (Wildman–Crippen LogP) is 1.94. The van der Waals surface area contributed by atoms with Crippen LogP contribution < -0.4 is 27.0 Å². The Labute approximate surface area is 367 Å². The second kappa shape index (κ2) is 33.9. The average molecular weight is 903 g/mol. The molecule has 0 aromatic heterocycles. The van der Waals surface area contributed by atoms with Crippen molar-refractivity contribution in [2.75, 3.05) is 6.54 Å². The zero-order chi connectivity index (χ0) is 48.5. The van der Waals surface area contributed by atoms with Crippen LogP contribution in [-0.2, 0) is 52.7 Å². The largest absolute Gasteiger partial charge is 0.481 e. The molecule has 0 aromatic carbocycles. The van der Waals surface area contributed by atoms with Gasteiger partial charge in [-0.25, -0.2) is 14.4 Å². The molecule has 0 heterocycles. The Balaban J connectivity index is 4.68. The molecule has 0 aromatic rings. The highest BCUT2D eigenvalue weighted by Gasteiger charge is 2.28. The Hall–Kier alpha value is -5.67. The van der Waals surface area contributed by atoms with Crippen LogP contribution in [0.15, 0.2) is 0 Å². The normalized spacial score (nSPS) is 13.5. The number of nitrogens with two attached hydrogens (primary N) is 1. The summed E-state index contributed by atoms with van der Waals surface area (Å²) in [5.41, 5.74) is 1.91. The summed E-state index contributed by atoms with van der Waals surface area (Å²) in [6.07, 6.45) is 6.22. The van der Waals surface area contributed by atoms with Gasteiger partial charge in [0.15, 0.2) is 0 Å². The number of carboxylic acids is 6. The number of carbonyl (C=O) groups is 11. The maximum Gasteiger partial charge on any atom is 0.326 e. The number of amides is 4. The van der Waals surface area contributed by atoms with E-state index in [1.807, 2.05) is 5.73 Å². The molecule has 0 aliphatic carbocycles. The van der Waals surface area contributed by atoms with Gasteiger partial charge in [0.2, 0.25) is 23.6 Å². The van der Waals surface area contributed by atoms with Gasteiger partial charge < -0.3 is 57.6 Å². The van der Waals surface area contributed by atoms with Gasteiger partial charge in [0.05, 0.1) is 5.92 Å². The van der Waals surface area contributed by atoms with Crippen molar-refractivity contribution in [2.45, 2.75) is 178 Å². The van der Waals surface area contributed by atoms with Gasteiger partial charge in [0.25, 0.3) is 0 Å². The third-order valence-electron chi connectivity index (χ3n) is 10.1. The lowest BCUT2D eigenvalue weighted by atomic mass is 9.94. The summed E-state index contributed by atoms with van der Waals surface area (Å²) in [7, 11) is 0. The van der Waals surface area contributed by atoms with Crippen LogP contribution in [0.4, 0.5) is 0 Å². The van der Waals surface area contributed by atoms with Crippen LogP contribution in [0.2, 0.25) is 1.41 Å². The molecule has 0 unspecified atom stereocenters. The maximum absolute atomic E-state index is 12.6. The monoisotopic (exact) mass is 902 g/mol. The Morgan fingerprint density at radius 1 is 0.413 bits per heavy atom. The SMILES string of the molecule is [2H]N[C@@H](CCCCNC(=O)CC[C@H](CC(=O)CC[C@H](NC(=O)CC[C@H](NC(=O)CC[C@H](NC(=O)CCCCCCCCCCCCC(=O)O)C(=O)O)C(=O)O)C(=O)O)C(=O)O)C(=O)O. The molecule has 5 atom stereocenters.